The SMILES string of the molecule is CC1=C(C(=O)c2cnc3ccccc3n2)C(=O)CCC1(C)C. The van der Waals surface area contributed by atoms with Crippen LogP contribution in [-0.4, -0.2) is 21.5 Å². The van der Waals surface area contributed by atoms with E-state index in [2.05, 4.69) is 23.8 Å². The fourth-order valence-electron chi connectivity index (χ4n) is 2.78. The van der Waals surface area contributed by atoms with Crippen molar-refractivity contribution in [1.82, 2.24) is 9.97 Å². The summed E-state index contributed by atoms with van der Waals surface area (Å²) in [4.78, 5) is 33.6. The van der Waals surface area contributed by atoms with Crippen molar-refractivity contribution in [2.45, 2.75) is 33.6 Å². The Morgan fingerprint density at radius 2 is 1.86 bits per heavy atom. The van der Waals surface area contributed by atoms with E-state index in [0.717, 1.165) is 17.5 Å². The van der Waals surface area contributed by atoms with Gasteiger partial charge in [-0.25, -0.2) is 4.98 Å². The quantitative estimate of drug-likeness (QED) is 0.628. The maximum atomic E-state index is 12.8. The fourth-order valence-corrected chi connectivity index (χ4v) is 2.78. The summed E-state index contributed by atoms with van der Waals surface area (Å²) >= 11 is 0. The van der Waals surface area contributed by atoms with Crippen molar-refractivity contribution < 1.29 is 9.59 Å². The molecule has 0 fully saturated rings. The molecule has 22 heavy (non-hydrogen) atoms. The van der Waals surface area contributed by atoms with Crippen molar-refractivity contribution in [3.8, 4) is 0 Å². The number of para-hydroxylation sites is 2. The minimum absolute atomic E-state index is 0.0863. The predicted molar refractivity (Wildman–Crippen MR) is 84.6 cm³/mol. The summed E-state index contributed by atoms with van der Waals surface area (Å²) in [5.74, 6) is -0.398. The Bertz CT molecular complexity index is 819. The molecule has 0 saturated carbocycles. The molecule has 0 unspecified atom stereocenters. The monoisotopic (exact) mass is 294 g/mol. The third-order valence-electron chi connectivity index (χ3n) is 4.55. The fraction of sp³-hybridized carbons (Fsp3) is 0.333. The van der Waals surface area contributed by atoms with Crippen molar-refractivity contribution in [2.24, 2.45) is 5.41 Å². The third kappa shape index (κ3) is 2.34. The van der Waals surface area contributed by atoms with E-state index in [1.807, 2.05) is 31.2 Å². The summed E-state index contributed by atoms with van der Waals surface area (Å²) in [6.45, 7) is 6.00. The zero-order valence-corrected chi connectivity index (χ0v) is 13.0. The van der Waals surface area contributed by atoms with Gasteiger partial charge in [0.15, 0.2) is 5.78 Å². The number of ketones is 2. The Hall–Kier alpha value is -2.36. The van der Waals surface area contributed by atoms with E-state index in [-0.39, 0.29) is 22.7 Å². The van der Waals surface area contributed by atoms with Crippen LogP contribution in [0.5, 0.6) is 0 Å². The number of carbonyl (C=O) groups is 2. The highest BCUT2D eigenvalue weighted by molar-refractivity contribution is 6.26. The lowest BCUT2D eigenvalue weighted by Gasteiger charge is -2.31. The lowest BCUT2D eigenvalue weighted by Crippen LogP contribution is -2.29. The Kier molecular flexibility index (Phi) is 3.39. The highest BCUT2D eigenvalue weighted by Crippen LogP contribution is 2.39. The first-order chi connectivity index (χ1) is 10.4. The average Bonchev–Trinajstić information content (AvgIpc) is 2.51. The van der Waals surface area contributed by atoms with E-state index >= 15 is 0 Å². The average molecular weight is 294 g/mol. The number of benzene rings is 1. The van der Waals surface area contributed by atoms with Gasteiger partial charge in [0.1, 0.15) is 5.69 Å². The molecular formula is C18H18N2O2. The molecule has 112 valence electrons. The standard InChI is InChI=1S/C18H18N2O2/c1-11-16(15(21)8-9-18(11,2)3)17(22)14-10-19-12-6-4-5-7-13(12)20-14/h4-7,10H,8-9H2,1-3H3. The molecule has 1 aliphatic carbocycles. The molecule has 0 saturated heterocycles. The molecule has 1 aromatic heterocycles. The van der Waals surface area contributed by atoms with Crippen LogP contribution in [0.2, 0.25) is 0 Å². The molecule has 1 aromatic carbocycles. The number of carbonyl (C=O) groups excluding carboxylic acids is 2. The molecule has 1 aliphatic rings. The summed E-state index contributed by atoms with van der Waals surface area (Å²) in [7, 11) is 0. The van der Waals surface area contributed by atoms with Gasteiger partial charge in [-0.3, -0.25) is 14.6 Å². The lowest BCUT2D eigenvalue weighted by atomic mass is 9.71. The van der Waals surface area contributed by atoms with E-state index in [1.165, 1.54) is 6.20 Å². The maximum Gasteiger partial charge on any atom is 0.216 e. The number of aromatic nitrogens is 2. The van der Waals surface area contributed by atoms with Crippen LogP contribution < -0.4 is 0 Å². The van der Waals surface area contributed by atoms with Gasteiger partial charge in [-0.2, -0.15) is 0 Å². The Morgan fingerprint density at radius 1 is 1.18 bits per heavy atom. The van der Waals surface area contributed by atoms with Gasteiger partial charge in [0.2, 0.25) is 5.78 Å². The minimum atomic E-state index is -0.312. The van der Waals surface area contributed by atoms with Crippen LogP contribution in [0.15, 0.2) is 41.6 Å². The zero-order chi connectivity index (χ0) is 15.9. The van der Waals surface area contributed by atoms with Crippen molar-refractivity contribution in [3.05, 3.63) is 47.3 Å². The largest absolute Gasteiger partial charge is 0.294 e. The summed E-state index contributed by atoms with van der Waals surface area (Å²) in [6, 6.07) is 7.38. The molecule has 4 nitrogen and oxygen atoms in total. The van der Waals surface area contributed by atoms with E-state index in [0.29, 0.717) is 17.5 Å². The minimum Gasteiger partial charge on any atom is -0.294 e. The molecule has 1 heterocycles. The number of Topliss-reactive ketones (excluding diaryl/α,β-unsaturated/α-hetero) is 2. The van der Waals surface area contributed by atoms with Crippen LogP contribution in [0.25, 0.3) is 11.0 Å². The van der Waals surface area contributed by atoms with Crippen LogP contribution in [0.3, 0.4) is 0 Å². The Labute approximate surface area is 129 Å². The highest BCUT2D eigenvalue weighted by Gasteiger charge is 2.35. The van der Waals surface area contributed by atoms with E-state index in [9.17, 15) is 9.59 Å². The van der Waals surface area contributed by atoms with Gasteiger partial charge in [0, 0.05) is 6.42 Å². The molecule has 0 amide bonds. The van der Waals surface area contributed by atoms with Crippen LogP contribution in [-0.2, 0) is 4.79 Å². The lowest BCUT2D eigenvalue weighted by molar-refractivity contribution is -0.116. The Balaban J connectivity index is 2.10. The van der Waals surface area contributed by atoms with Crippen molar-refractivity contribution in [1.29, 1.82) is 0 Å². The topological polar surface area (TPSA) is 59.9 Å². The number of rotatable bonds is 2. The van der Waals surface area contributed by atoms with Crippen molar-refractivity contribution >= 4 is 22.6 Å². The number of fused-ring (bicyclic) bond motifs is 1. The first kappa shape index (κ1) is 14.6. The van der Waals surface area contributed by atoms with Gasteiger partial charge in [-0.05, 0) is 30.9 Å². The molecule has 0 N–H and O–H groups in total. The highest BCUT2D eigenvalue weighted by atomic mass is 16.1. The van der Waals surface area contributed by atoms with E-state index < -0.39 is 0 Å². The number of allylic oxidation sites excluding steroid dienone is 2. The summed E-state index contributed by atoms with van der Waals surface area (Å²) in [5, 5.41) is 0. The van der Waals surface area contributed by atoms with Gasteiger partial charge >= 0.3 is 0 Å². The molecule has 2 aromatic rings. The summed E-state index contributed by atoms with van der Waals surface area (Å²) in [6.07, 6.45) is 2.64. The van der Waals surface area contributed by atoms with Crippen LogP contribution >= 0.6 is 0 Å². The van der Waals surface area contributed by atoms with Crippen LogP contribution in [0.1, 0.15) is 44.1 Å². The number of hydrogen-bond acceptors (Lipinski definition) is 4. The van der Waals surface area contributed by atoms with Gasteiger partial charge in [-0.1, -0.05) is 31.6 Å². The van der Waals surface area contributed by atoms with Crippen LogP contribution in [0.4, 0.5) is 0 Å². The first-order valence-corrected chi connectivity index (χ1v) is 7.41. The molecule has 0 spiro atoms. The summed E-state index contributed by atoms with van der Waals surface area (Å²) < 4.78 is 0. The second-order valence-electron chi connectivity index (χ2n) is 6.38. The van der Waals surface area contributed by atoms with Gasteiger partial charge in [0.25, 0.3) is 0 Å². The zero-order valence-electron chi connectivity index (χ0n) is 13.0. The molecule has 4 heteroatoms. The molecule has 0 radical (unpaired) electrons. The predicted octanol–water partition coefficient (Wildman–Crippen LogP) is 3.52. The Morgan fingerprint density at radius 3 is 2.59 bits per heavy atom. The first-order valence-electron chi connectivity index (χ1n) is 7.41. The van der Waals surface area contributed by atoms with Gasteiger partial charge in [0.05, 0.1) is 22.8 Å². The molecule has 0 bridgehead atoms. The van der Waals surface area contributed by atoms with E-state index in [1.54, 1.807) is 0 Å². The molecular weight excluding hydrogens is 276 g/mol. The van der Waals surface area contributed by atoms with Crippen molar-refractivity contribution in [2.75, 3.05) is 0 Å². The maximum absolute atomic E-state index is 12.8. The molecule has 0 atom stereocenters. The van der Waals surface area contributed by atoms with E-state index in [4.69, 9.17) is 0 Å². The second-order valence-corrected chi connectivity index (χ2v) is 6.38. The summed E-state index contributed by atoms with van der Waals surface area (Å²) in [5.41, 5.74) is 2.64. The van der Waals surface area contributed by atoms with Gasteiger partial charge < -0.3 is 0 Å². The third-order valence-corrected chi connectivity index (χ3v) is 4.55. The molecule has 0 aliphatic heterocycles. The van der Waals surface area contributed by atoms with Crippen molar-refractivity contribution in [3.63, 3.8) is 0 Å². The smallest absolute Gasteiger partial charge is 0.216 e. The number of hydrogen-bond donors (Lipinski definition) is 0. The van der Waals surface area contributed by atoms with Gasteiger partial charge in [-0.15, -0.1) is 0 Å². The molecule has 3 rings (SSSR count). The number of nitrogens with zero attached hydrogens (tertiary/aromatic N) is 2. The normalized spacial score (nSPS) is 17.9. The second kappa shape index (κ2) is 5.13. The van der Waals surface area contributed by atoms with Crippen LogP contribution in [0, 0.1) is 5.41 Å².